The van der Waals surface area contributed by atoms with Crippen molar-refractivity contribution >= 4 is 5.97 Å². The number of carboxylic acid groups (broad SMARTS) is 1. The highest BCUT2D eigenvalue weighted by molar-refractivity contribution is 5.82. The number of aromatic carboxylic acids is 1. The van der Waals surface area contributed by atoms with E-state index in [1.807, 2.05) is 0 Å². The van der Waals surface area contributed by atoms with Gasteiger partial charge in [-0.25, -0.2) is 14.6 Å². The van der Waals surface area contributed by atoms with E-state index in [9.17, 15) is 9.59 Å². The third-order valence-electron chi connectivity index (χ3n) is 2.00. The van der Waals surface area contributed by atoms with Crippen LogP contribution >= 0.6 is 0 Å². The first-order valence-electron chi connectivity index (χ1n) is 4.44. The van der Waals surface area contributed by atoms with Crippen LogP contribution in [0.25, 0.3) is 5.82 Å². The van der Waals surface area contributed by atoms with Crippen LogP contribution in [0.15, 0.2) is 23.1 Å². The summed E-state index contributed by atoms with van der Waals surface area (Å²) in [6, 6.07) is 3.47. The molecule has 0 amide bonds. The first-order chi connectivity index (χ1) is 7.59. The van der Waals surface area contributed by atoms with Gasteiger partial charge in [0.1, 0.15) is 0 Å². The average Bonchev–Trinajstić information content (AvgIpc) is 2.61. The minimum atomic E-state index is -1.29. The summed E-state index contributed by atoms with van der Waals surface area (Å²) in [5.41, 5.74) is 0.104. The van der Waals surface area contributed by atoms with E-state index in [1.54, 1.807) is 19.1 Å². The number of nitrogens with one attached hydrogen (secondary N) is 1. The summed E-state index contributed by atoms with van der Waals surface area (Å²) in [5.74, 6) is -1.38. The Morgan fingerprint density at radius 1 is 1.56 bits per heavy atom. The van der Waals surface area contributed by atoms with Gasteiger partial charge >= 0.3 is 11.7 Å². The molecule has 0 aliphatic rings. The third kappa shape index (κ3) is 1.58. The lowest BCUT2D eigenvalue weighted by atomic mass is 10.3. The molecule has 0 bridgehead atoms. The monoisotopic (exact) mass is 220 g/mol. The first-order valence-corrected chi connectivity index (χ1v) is 4.44. The Kier molecular flexibility index (Phi) is 2.28. The topological polar surface area (TPSA) is 101 Å². The third-order valence-corrected chi connectivity index (χ3v) is 2.00. The van der Waals surface area contributed by atoms with Crippen LogP contribution in [0.1, 0.15) is 16.2 Å². The number of hydrogen-bond acceptors (Lipinski definition) is 4. The Morgan fingerprint density at radius 2 is 2.31 bits per heavy atom. The molecule has 2 N–H and O–H groups in total. The van der Waals surface area contributed by atoms with Gasteiger partial charge in [-0.2, -0.15) is 4.68 Å². The molecule has 0 fully saturated rings. The predicted octanol–water partition coefficient (Wildman–Crippen LogP) is -0.0378. The second-order valence-corrected chi connectivity index (χ2v) is 3.14. The van der Waals surface area contributed by atoms with Gasteiger partial charge in [-0.05, 0) is 18.6 Å². The lowest BCUT2D eigenvalue weighted by molar-refractivity contribution is 0.0683. The molecule has 0 saturated heterocycles. The standard InChI is InChI=1S/C9H8N4O3/c1-5-3-2-4-10-7(5)13-9(16)11-6(12-13)8(14)15/h2-4H,1H3,(H,14,15)(H,11,12,16). The Morgan fingerprint density at radius 3 is 2.88 bits per heavy atom. The van der Waals surface area contributed by atoms with Crippen molar-refractivity contribution in [1.29, 1.82) is 0 Å². The molecule has 0 saturated carbocycles. The van der Waals surface area contributed by atoms with Crippen LogP contribution in [-0.4, -0.2) is 30.8 Å². The van der Waals surface area contributed by atoms with Crippen LogP contribution in [0.4, 0.5) is 0 Å². The van der Waals surface area contributed by atoms with Crippen LogP contribution in [-0.2, 0) is 0 Å². The minimum absolute atomic E-state index is 0.316. The second-order valence-electron chi connectivity index (χ2n) is 3.14. The predicted molar refractivity (Wildman–Crippen MR) is 53.7 cm³/mol. The lowest BCUT2D eigenvalue weighted by Gasteiger charge is -2.00. The van der Waals surface area contributed by atoms with Crippen molar-refractivity contribution in [2.75, 3.05) is 0 Å². The van der Waals surface area contributed by atoms with E-state index in [0.717, 1.165) is 10.2 Å². The van der Waals surface area contributed by atoms with Gasteiger partial charge in [-0.1, -0.05) is 6.07 Å². The number of H-pyrrole nitrogens is 1. The molecule has 0 radical (unpaired) electrons. The van der Waals surface area contributed by atoms with Gasteiger partial charge in [0.05, 0.1) is 0 Å². The number of pyridine rings is 1. The molecule has 2 rings (SSSR count). The highest BCUT2D eigenvalue weighted by Crippen LogP contribution is 2.05. The van der Waals surface area contributed by atoms with Crippen LogP contribution < -0.4 is 5.69 Å². The summed E-state index contributed by atoms with van der Waals surface area (Å²) >= 11 is 0. The number of hydrogen-bond donors (Lipinski definition) is 2. The molecule has 2 aromatic heterocycles. The highest BCUT2D eigenvalue weighted by Gasteiger charge is 2.14. The highest BCUT2D eigenvalue weighted by atomic mass is 16.4. The van der Waals surface area contributed by atoms with E-state index >= 15 is 0 Å². The largest absolute Gasteiger partial charge is 0.475 e. The number of nitrogens with zero attached hydrogens (tertiary/aromatic N) is 3. The number of aromatic nitrogens is 4. The van der Waals surface area contributed by atoms with Gasteiger partial charge in [0, 0.05) is 6.20 Å². The summed E-state index contributed by atoms with van der Waals surface area (Å²) in [5, 5.41) is 12.3. The van der Waals surface area contributed by atoms with Crippen molar-refractivity contribution in [3.05, 3.63) is 40.2 Å². The first kappa shape index (κ1) is 10.1. The Labute approximate surface area is 89.4 Å². The fourth-order valence-electron chi connectivity index (χ4n) is 1.26. The van der Waals surface area contributed by atoms with Crippen molar-refractivity contribution in [3.63, 3.8) is 0 Å². The second kappa shape index (κ2) is 3.61. The van der Waals surface area contributed by atoms with E-state index in [-0.39, 0.29) is 0 Å². The SMILES string of the molecule is Cc1cccnc1-n1nc(C(=O)O)[nH]c1=O. The van der Waals surface area contributed by atoms with Crippen LogP contribution in [0.2, 0.25) is 0 Å². The van der Waals surface area contributed by atoms with Crippen molar-refractivity contribution in [1.82, 2.24) is 19.7 Å². The number of rotatable bonds is 2. The summed E-state index contributed by atoms with van der Waals surface area (Å²) < 4.78 is 0.929. The zero-order valence-corrected chi connectivity index (χ0v) is 8.34. The van der Waals surface area contributed by atoms with Gasteiger partial charge in [0.25, 0.3) is 0 Å². The quantitative estimate of drug-likeness (QED) is 0.739. The molecule has 0 aromatic carbocycles. The fourth-order valence-corrected chi connectivity index (χ4v) is 1.26. The van der Waals surface area contributed by atoms with Gasteiger partial charge in [-0.3, -0.25) is 4.98 Å². The zero-order chi connectivity index (χ0) is 11.7. The molecular formula is C9H8N4O3. The van der Waals surface area contributed by atoms with E-state index in [1.165, 1.54) is 6.20 Å². The number of carbonyl (C=O) groups is 1. The lowest BCUT2D eigenvalue weighted by Crippen LogP contribution is -2.18. The Bertz CT molecular complexity index is 599. The number of carboxylic acids is 1. The molecule has 2 heterocycles. The number of aromatic amines is 1. The molecule has 0 aliphatic carbocycles. The molecule has 0 spiro atoms. The van der Waals surface area contributed by atoms with Crippen molar-refractivity contribution in [2.45, 2.75) is 6.92 Å². The summed E-state index contributed by atoms with van der Waals surface area (Å²) in [7, 11) is 0. The van der Waals surface area contributed by atoms with E-state index in [0.29, 0.717) is 5.82 Å². The smallest absolute Gasteiger partial charge is 0.373 e. The normalized spacial score (nSPS) is 10.3. The summed E-state index contributed by atoms with van der Waals surface area (Å²) in [4.78, 5) is 28.2. The zero-order valence-electron chi connectivity index (χ0n) is 8.34. The molecule has 7 heteroatoms. The Hall–Kier alpha value is -2.44. The maximum absolute atomic E-state index is 11.4. The molecule has 7 nitrogen and oxygen atoms in total. The van der Waals surface area contributed by atoms with Crippen molar-refractivity contribution in [2.24, 2.45) is 0 Å². The molecule has 0 unspecified atom stereocenters. The molecule has 82 valence electrons. The summed E-state index contributed by atoms with van der Waals surface area (Å²) in [6.45, 7) is 1.75. The van der Waals surface area contributed by atoms with Gasteiger partial charge in [0.2, 0.25) is 5.82 Å². The van der Waals surface area contributed by atoms with E-state index in [2.05, 4.69) is 15.1 Å². The molecule has 0 aliphatic heterocycles. The van der Waals surface area contributed by atoms with Crippen LogP contribution in [0, 0.1) is 6.92 Å². The molecule has 2 aromatic rings. The fraction of sp³-hybridized carbons (Fsp3) is 0.111. The minimum Gasteiger partial charge on any atom is -0.475 e. The Balaban J connectivity index is 2.61. The molecular weight excluding hydrogens is 212 g/mol. The number of aryl methyl sites for hydroxylation is 1. The van der Waals surface area contributed by atoms with Gasteiger partial charge < -0.3 is 5.11 Å². The summed E-state index contributed by atoms with van der Waals surface area (Å²) in [6.07, 6.45) is 1.50. The van der Waals surface area contributed by atoms with Gasteiger partial charge in [0.15, 0.2) is 5.82 Å². The maximum Gasteiger partial charge on any atom is 0.373 e. The maximum atomic E-state index is 11.4. The van der Waals surface area contributed by atoms with Crippen LogP contribution in [0.3, 0.4) is 0 Å². The van der Waals surface area contributed by atoms with Crippen molar-refractivity contribution in [3.8, 4) is 5.82 Å². The van der Waals surface area contributed by atoms with Gasteiger partial charge in [-0.15, -0.1) is 5.10 Å². The average molecular weight is 220 g/mol. The molecule has 0 atom stereocenters. The van der Waals surface area contributed by atoms with E-state index < -0.39 is 17.5 Å². The van der Waals surface area contributed by atoms with Crippen LogP contribution in [0.5, 0.6) is 0 Å². The van der Waals surface area contributed by atoms with E-state index in [4.69, 9.17) is 5.11 Å². The van der Waals surface area contributed by atoms with Crippen molar-refractivity contribution < 1.29 is 9.90 Å². The molecule has 16 heavy (non-hydrogen) atoms.